The summed E-state index contributed by atoms with van der Waals surface area (Å²) in [5.41, 5.74) is 7.91. The van der Waals surface area contributed by atoms with Crippen LogP contribution in [0.15, 0.2) is 35.9 Å². The third-order valence-electron chi connectivity index (χ3n) is 7.58. The number of anilines is 1. The molecule has 1 aromatic rings. The zero-order valence-corrected chi connectivity index (χ0v) is 19.4. The third-order valence-corrected chi connectivity index (χ3v) is 7.58. The van der Waals surface area contributed by atoms with Crippen molar-refractivity contribution in [2.75, 3.05) is 37.6 Å². The minimum Gasteiger partial charge on any atom is -0.446 e. The quantitative estimate of drug-likeness (QED) is 0.658. The molecule has 2 N–H and O–H groups in total. The highest BCUT2D eigenvalue weighted by Gasteiger charge is 2.44. The lowest BCUT2D eigenvalue weighted by molar-refractivity contribution is -0.168. The molecule has 1 saturated heterocycles. The first-order valence-electron chi connectivity index (χ1n) is 12.2. The van der Waals surface area contributed by atoms with Crippen LogP contribution < -0.4 is 10.6 Å². The van der Waals surface area contributed by atoms with Gasteiger partial charge in [-0.3, -0.25) is 9.69 Å². The van der Waals surface area contributed by atoms with Crippen molar-refractivity contribution in [3.8, 4) is 0 Å². The first-order valence-corrected chi connectivity index (χ1v) is 12.2. The van der Waals surface area contributed by atoms with Crippen LogP contribution in [0.25, 0.3) is 0 Å². The van der Waals surface area contributed by atoms with Crippen LogP contribution in [-0.2, 0) is 14.3 Å². The number of carbonyl (C=O) groups is 2. The van der Waals surface area contributed by atoms with E-state index in [1.807, 2.05) is 6.08 Å². The van der Waals surface area contributed by atoms with E-state index in [0.29, 0.717) is 24.3 Å². The highest BCUT2D eigenvalue weighted by Crippen LogP contribution is 2.37. The maximum Gasteiger partial charge on any atom is 0.334 e. The predicted octanol–water partition coefficient (Wildman–Crippen LogP) is 3.57. The van der Waals surface area contributed by atoms with E-state index in [4.69, 9.17) is 10.5 Å². The average Bonchev–Trinajstić information content (AvgIpc) is 3.35. The molecule has 0 radical (unpaired) electrons. The summed E-state index contributed by atoms with van der Waals surface area (Å²) in [6, 6.07) is 8.79. The summed E-state index contributed by atoms with van der Waals surface area (Å²) in [5.74, 6) is -0.275. The van der Waals surface area contributed by atoms with Gasteiger partial charge in [0, 0.05) is 37.4 Å². The number of nitrogens with two attached hydrogens (primary N) is 1. The minimum absolute atomic E-state index is 0.341. The molecule has 0 atom stereocenters. The van der Waals surface area contributed by atoms with E-state index >= 15 is 0 Å². The number of ether oxygens (including phenoxy) is 1. The Labute approximate surface area is 191 Å². The Balaban J connectivity index is 1.21. The molecule has 32 heavy (non-hydrogen) atoms. The summed E-state index contributed by atoms with van der Waals surface area (Å²) in [6.45, 7) is 7.49. The van der Waals surface area contributed by atoms with Crippen molar-refractivity contribution < 1.29 is 14.3 Å². The van der Waals surface area contributed by atoms with Crippen molar-refractivity contribution in [2.24, 2.45) is 11.7 Å². The number of carbonyl (C=O) groups excluding carboxylic acids is 2. The van der Waals surface area contributed by atoms with Crippen molar-refractivity contribution in [3.63, 3.8) is 0 Å². The summed E-state index contributed by atoms with van der Waals surface area (Å²) in [5, 5.41) is 0. The molecule has 0 spiro atoms. The number of aryl methyl sites for hydroxylation is 1. The van der Waals surface area contributed by atoms with Gasteiger partial charge in [0.2, 0.25) is 0 Å². The molecule has 4 rings (SSSR count). The predicted molar refractivity (Wildman–Crippen MR) is 126 cm³/mol. The lowest BCUT2D eigenvalue weighted by Gasteiger charge is -2.39. The summed E-state index contributed by atoms with van der Waals surface area (Å²) >= 11 is 0. The lowest BCUT2D eigenvalue weighted by Crippen LogP contribution is -2.50. The van der Waals surface area contributed by atoms with Crippen LogP contribution in [0.1, 0.15) is 56.9 Å². The van der Waals surface area contributed by atoms with Crippen molar-refractivity contribution >= 4 is 17.6 Å². The minimum atomic E-state index is -1.11. The molecular weight excluding hydrogens is 402 g/mol. The Bertz CT molecular complexity index is 832. The molecular formula is C26H37N3O3. The van der Waals surface area contributed by atoms with Gasteiger partial charge >= 0.3 is 5.97 Å². The maximum atomic E-state index is 12.5. The Morgan fingerprint density at radius 2 is 1.78 bits per heavy atom. The van der Waals surface area contributed by atoms with Gasteiger partial charge in [0.1, 0.15) is 0 Å². The summed E-state index contributed by atoms with van der Waals surface area (Å²) < 4.78 is 5.73. The SMILES string of the molecule is Cc1ccc(N2CCN(CCC3CCC(OC(=O)C4=CCCC4)(C(N)=O)CC3)CC2)cc1. The van der Waals surface area contributed by atoms with Gasteiger partial charge in [-0.25, -0.2) is 4.79 Å². The fraction of sp³-hybridized carbons (Fsp3) is 0.615. The van der Waals surface area contributed by atoms with Crippen LogP contribution in [0.5, 0.6) is 0 Å². The van der Waals surface area contributed by atoms with Gasteiger partial charge in [-0.1, -0.05) is 23.8 Å². The number of allylic oxidation sites excluding steroid dienone is 1. The van der Waals surface area contributed by atoms with Crippen LogP contribution in [0.2, 0.25) is 0 Å². The zero-order valence-electron chi connectivity index (χ0n) is 19.4. The summed E-state index contributed by atoms with van der Waals surface area (Å²) in [6.07, 6.45) is 8.57. The largest absolute Gasteiger partial charge is 0.446 e. The van der Waals surface area contributed by atoms with Crippen LogP contribution >= 0.6 is 0 Å². The molecule has 1 amide bonds. The van der Waals surface area contributed by atoms with Crippen LogP contribution in [0, 0.1) is 12.8 Å². The molecule has 1 aliphatic heterocycles. The Hall–Kier alpha value is -2.34. The van der Waals surface area contributed by atoms with Gasteiger partial charge in [0.25, 0.3) is 5.91 Å². The number of hydrogen-bond acceptors (Lipinski definition) is 5. The van der Waals surface area contributed by atoms with Gasteiger partial charge in [0.05, 0.1) is 0 Å². The molecule has 174 valence electrons. The molecule has 1 saturated carbocycles. The normalized spacial score (nSPS) is 26.6. The van der Waals surface area contributed by atoms with E-state index in [1.54, 1.807) is 0 Å². The zero-order chi connectivity index (χ0) is 22.6. The molecule has 3 aliphatic rings. The van der Waals surface area contributed by atoms with E-state index in [0.717, 1.165) is 71.2 Å². The summed E-state index contributed by atoms with van der Waals surface area (Å²) in [7, 11) is 0. The fourth-order valence-corrected chi connectivity index (χ4v) is 5.28. The summed E-state index contributed by atoms with van der Waals surface area (Å²) in [4.78, 5) is 29.7. The van der Waals surface area contributed by atoms with Crippen LogP contribution in [0.3, 0.4) is 0 Å². The number of piperazine rings is 1. The van der Waals surface area contributed by atoms with E-state index in [9.17, 15) is 9.59 Å². The highest BCUT2D eigenvalue weighted by molar-refractivity contribution is 5.93. The van der Waals surface area contributed by atoms with Gasteiger partial charge in [-0.05, 0) is 82.9 Å². The van der Waals surface area contributed by atoms with Gasteiger partial charge < -0.3 is 15.4 Å². The molecule has 0 aromatic heterocycles. The maximum absolute atomic E-state index is 12.5. The Morgan fingerprint density at radius 3 is 2.38 bits per heavy atom. The Morgan fingerprint density at radius 1 is 1.09 bits per heavy atom. The van der Waals surface area contributed by atoms with E-state index in [1.165, 1.54) is 11.3 Å². The molecule has 0 bridgehead atoms. The van der Waals surface area contributed by atoms with Gasteiger partial charge in [-0.15, -0.1) is 0 Å². The number of nitrogens with zero attached hydrogens (tertiary/aromatic N) is 2. The number of esters is 1. The monoisotopic (exact) mass is 439 g/mol. The first kappa shape index (κ1) is 22.8. The smallest absolute Gasteiger partial charge is 0.334 e. The molecule has 6 nitrogen and oxygen atoms in total. The number of benzene rings is 1. The van der Waals surface area contributed by atoms with Crippen molar-refractivity contribution in [1.29, 1.82) is 0 Å². The van der Waals surface area contributed by atoms with E-state index < -0.39 is 11.5 Å². The van der Waals surface area contributed by atoms with E-state index in [2.05, 4.69) is 41.0 Å². The number of rotatable bonds is 7. The number of hydrogen-bond donors (Lipinski definition) is 1. The average molecular weight is 440 g/mol. The first-order chi connectivity index (χ1) is 15.4. The van der Waals surface area contributed by atoms with Gasteiger partial charge in [-0.2, -0.15) is 0 Å². The third kappa shape index (κ3) is 5.34. The lowest BCUT2D eigenvalue weighted by atomic mass is 9.77. The second kappa shape index (κ2) is 10.1. The molecule has 1 heterocycles. The Kier molecular flexibility index (Phi) is 7.19. The van der Waals surface area contributed by atoms with Crippen LogP contribution in [-0.4, -0.2) is 55.1 Å². The van der Waals surface area contributed by atoms with E-state index in [-0.39, 0.29) is 5.97 Å². The van der Waals surface area contributed by atoms with Crippen LogP contribution in [0.4, 0.5) is 5.69 Å². The van der Waals surface area contributed by atoms with Crippen molar-refractivity contribution in [1.82, 2.24) is 4.90 Å². The molecule has 2 aliphatic carbocycles. The second-order valence-electron chi connectivity index (χ2n) is 9.77. The molecule has 6 heteroatoms. The fourth-order valence-electron chi connectivity index (χ4n) is 5.28. The standard InChI is InChI=1S/C26H37N3O3/c1-20-6-8-23(9-7-20)29-18-16-28(17-19-29)15-12-21-10-13-26(14-11-21,25(27)31)32-24(30)22-4-2-3-5-22/h4,6-9,21H,2-3,5,10-19H2,1H3,(H2,27,31). The number of amides is 1. The number of primary amides is 1. The highest BCUT2D eigenvalue weighted by atomic mass is 16.6. The molecule has 1 aromatic carbocycles. The van der Waals surface area contributed by atoms with Gasteiger partial charge in [0.15, 0.2) is 5.60 Å². The van der Waals surface area contributed by atoms with Crippen molar-refractivity contribution in [2.45, 2.75) is 63.9 Å². The second-order valence-corrected chi connectivity index (χ2v) is 9.77. The topological polar surface area (TPSA) is 75.9 Å². The molecule has 0 unspecified atom stereocenters. The van der Waals surface area contributed by atoms with Crippen molar-refractivity contribution in [3.05, 3.63) is 41.5 Å². The molecule has 2 fully saturated rings.